The van der Waals surface area contributed by atoms with Crippen molar-refractivity contribution in [1.82, 2.24) is 4.98 Å². The Balaban J connectivity index is 2.57. The highest BCUT2D eigenvalue weighted by atomic mass is 79.9. The molecule has 2 aromatic rings. The largest absolute Gasteiger partial charge is 0.450 e. The number of carbonyl (C=O) groups excluding carboxylic acids is 2. The highest BCUT2D eigenvalue weighted by Crippen LogP contribution is 2.35. The molecule has 6 nitrogen and oxygen atoms in total. The monoisotopic (exact) mass is 346 g/mol. The molecule has 2 aromatic heterocycles. The maximum absolute atomic E-state index is 11.4. The molecule has 0 aliphatic heterocycles. The number of amides is 1. The van der Waals surface area contributed by atoms with Gasteiger partial charge in [0.05, 0.1) is 12.0 Å². The lowest BCUT2D eigenvalue weighted by Gasteiger charge is -2.03. The summed E-state index contributed by atoms with van der Waals surface area (Å²) >= 11 is 9.00. The topological polar surface area (TPSA) is 81.4 Å². The Labute approximate surface area is 121 Å². The van der Waals surface area contributed by atoms with Gasteiger partial charge in [-0.1, -0.05) is 11.6 Å². The second-order valence-corrected chi connectivity index (χ2v) is 4.56. The minimum Gasteiger partial charge on any atom is -0.450 e. The van der Waals surface area contributed by atoms with Gasteiger partial charge in [-0.25, -0.2) is 9.78 Å². The molecule has 0 atom stereocenters. The van der Waals surface area contributed by atoms with Gasteiger partial charge < -0.3 is 9.15 Å². The van der Waals surface area contributed by atoms with Crippen molar-refractivity contribution < 1.29 is 18.7 Å². The third-order valence-corrected chi connectivity index (χ3v) is 2.97. The van der Waals surface area contributed by atoms with Crippen molar-refractivity contribution in [2.45, 2.75) is 6.92 Å². The molecular weight excluding hydrogens is 339 g/mol. The van der Waals surface area contributed by atoms with E-state index in [1.165, 1.54) is 6.07 Å². The predicted molar refractivity (Wildman–Crippen MR) is 72.8 cm³/mol. The molecule has 0 saturated heterocycles. The van der Waals surface area contributed by atoms with Gasteiger partial charge in [-0.2, -0.15) is 0 Å². The number of carbonyl (C=O) groups is 2. The van der Waals surface area contributed by atoms with Gasteiger partial charge in [-0.15, -0.1) is 0 Å². The summed E-state index contributed by atoms with van der Waals surface area (Å²) in [5.74, 6) is -0.0344. The number of furan rings is 1. The zero-order valence-electron chi connectivity index (χ0n) is 9.70. The van der Waals surface area contributed by atoms with E-state index in [2.05, 4.69) is 26.2 Å². The number of aldehydes is 1. The lowest BCUT2D eigenvalue weighted by molar-refractivity contribution is 0.110. The van der Waals surface area contributed by atoms with Gasteiger partial charge in [0.15, 0.2) is 22.2 Å². The van der Waals surface area contributed by atoms with Crippen LogP contribution in [0.5, 0.6) is 0 Å². The van der Waals surface area contributed by atoms with Crippen molar-refractivity contribution in [2.24, 2.45) is 0 Å². The molecule has 2 heterocycles. The SMILES string of the molecule is CCOC(=O)Nc1c(C=O)oc2c(Br)nc(Cl)cc12. The van der Waals surface area contributed by atoms with Gasteiger partial charge in [-0.3, -0.25) is 10.1 Å². The Morgan fingerprint density at radius 1 is 1.68 bits per heavy atom. The number of hydrogen-bond acceptors (Lipinski definition) is 5. The first kappa shape index (κ1) is 13.8. The van der Waals surface area contributed by atoms with Crippen LogP contribution in [-0.4, -0.2) is 24.0 Å². The number of aromatic nitrogens is 1. The average molecular weight is 348 g/mol. The molecule has 0 aliphatic carbocycles. The smallest absolute Gasteiger partial charge is 0.411 e. The quantitative estimate of drug-likeness (QED) is 0.677. The Bertz CT molecular complexity index is 656. The number of nitrogens with one attached hydrogen (secondary N) is 1. The van der Waals surface area contributed by atoms with Crippen LogP contribution in [0.1, 0.15) is 17.5 Å². The van der Waals surface area contributed by atoms with E-state index in [0.717, 1.165) is 0 Å². The van der Waals surface area contributed by atoms with Crippen LogP contribution < -0.4 is 5.32 Å². The lowest BCUT2D eigenvalue weighted by Crippen LogP contribution is -2.13. The number of nitrogens with zero attached hydrogens (tertiary/aromatic N) is 1. The van der Waals surface area contributed by atoms with Crippen LogP contribution in [0.2, 0.25) is 5.15 Å². The highest BCUT2D eigenvalue weighted by Gasteiger charge is 2.19. The zero-order chi connectivity index (χ0) is 14.0. The van der Waals surface area contributed by atoms with Crippen molar-refractivity contribution in [3.05, 3.63) is 21.6 Å². The summed E-state index contributed by atoms with van der Waals surface area (Å²) in [5, 5.41) is 3.11. The molecular formula is C11H8BrClN2O4. The first-order valence-corrected chi connectivity index (χ1v) is 6.41. The predicted octanol–water partition coefficient (Wildman–Crippen LogP) is 3.62. The van der Waals surface area contributed by atoms with Crippen LogP contribution in [-0.2, 0) is 4.74 Å². The highest BCUT2D eigenvalue weighted by molar-refractivity contribution is 9.10. The fourth-order valence-electron chi connectivity index (χ4n) is 1.53. The van der Waals surface area contributed by atoms with E-state index < -0.39 is 6.09 Å². The number of ether oxygens (including phenoxy) is 1. The van der Waals surface area contributed by atoms with Gasteiger partial charge in [0, 0.05) is 0 Å². The summed E-state index contributed by atoms with van der Waals surface area (Å²) in [7, 11) is 0. The van der Waals surface area contributed by atoms with Crippen molar-refractivity contribution >= 4 is 56.6 Å². The van der Waals surface area contributed by atoms with Crippen LogP contribution in [0.25, 0.3) is 11.0 Å². The van der Waals surface area contributed by atoms with E-state index in [1.54, 1.807) is 6.92 Å². The molecule has 2 rings (SSSR count). The maximum atomic E-state index is 11.4. The van der Waals surface area contributed by atoms with Gasteiger partial charge in [-0.05, 0) is 28.9 Å². The molecule has 0 radical (unpaired) electrons. The first-order chi connectivity index (χ1) is 9.06. The molecule has 0 bridgehead atoms. The molecule has 1 amide bonds. The van der Waals surface area contributed by atoms with Crippen LogP contribution in [0, 0.1) is 0 Å². The number of anilines is 1. The maximum Gasteiger partial charge on any atom is 0.411 e. The molecule has 0 spiro atoms. The number of hydrogen-bond donors (Lipinski definition) is 1. The fourth-order valence-corrected chi connectivity index (χ4v) is 2.31. The summed E-state index contributed by atoms with van der Waals surface area (Å²) in [6.45, 7) is 1.88. The summed E-state index contributed by atoms with van der Waals surface area (Å²) in [6.07, 6.45) is -0.195. The Kier molecular flexibility index (Phi) is 4.06. The molecule has 0 aromatic carbocycles. The van der Waals surface area contributed by atoms with Crippen molar-refractivity contribution in [2.75, 3.05) is 11.9 Å². The number of rotatable bonds is 3. The van der Waals surface area contributed by atoms with E-state index in [1.807, 2.05) is 0 Å². The van der Waals surface area contributed by atoms with Crippen LogP contribution in [0.4, 0.5) is 10.5 Å². The van der Waals surface area contributed by atoms with Gasteiger partial charge in [0.25, 0.3) is 0 Å². The summed E-state index contributed by atoms with van der Waals surface area (Å²) < 4.78 is 10.4. The Morgan fingerprint density at radius 3 is 3.05 bits per heavy atom. The number of fused-ring (bicyclic) bond motifs is 1. The van der Waals surface area contributed by atoms with E-state index >= 15 is 0 Å². The average Bonchev–Trinajstić information content (AvgIpc) is 2.68. The minimum atomic E-state index is -0.683. The standard InChI is InChI=1S/C11H8BrClN2O4/c1-2-18-11(17)15-8-5-3-7(13)14-10(12)9(5)19-6(8)4-16/h3-4H,2H2,1H3,(H,15,17). The van der Waals surface area contributed by atoms with Crippen LogP contribution in [0.3, 0.4) is 0 Å². The van der Waals surface area contributed by atoms with Gasteiger partial charge in [0.2, 0.25) is 0 Å². The molecule has 19 heavy (non-hydrogen) atoms. The molecule has 0 unspecified atom stereocenters. The van der Waals surface area contributed by atoms with Crippen molar-refractivity contribution in [3.8, 4) is 0 Å². The second-order valence-electron chi connectivity index (χ2n) is 3.42. The summed E-state index contributed by atoms with van der Waals surface area (Å²) in [6, 6.07) is 1.49. The zero-order valence-corrected chi connectivity index (χ0v) is 12.0. The molecule has 100 valence electrons. The van der Waals surface area contributed by atoms with E-state index in [4.69, 9.17) is 20.8 Å². The van der Waals surface area contributed by atoms with Crippen LogP contribution in [0.15, 0.2) is 15.1 Å². The molecule has 1 N–H and O–H groups in total. The van der Waals surface area contributed by atoms with E-state index in [-0.39, 0.29) is 23.2 Å². The molecule has 0 saturated carbocycles. The van der Waals surface area contributed by atoms with E-state index in [0.29, 0.717) is 21.9 Å². The van der Waals surface area contributed by atoms with Crippen LogP contribution >= 0.6 is 27.5 Å². The lowest BCUT2D eigenvalue weighted by atomic mass is 10.2. The number of halogens is 2. The van der Waals surface area contributed by atoms with Gasteiger partial charge in [0.1, 0.15) is 10.8 Å². The Morgan fingerprint density at radius 2 is 2.42 bits per heavy atom. The van der Waals surface area contributed by atoms with Crippen molar-refractivity contribution in [3.63, 3.8) is 0 Å². The molecule has 0 aliphatic rings. The van der Waals surface area contributed by atoms with E-state index in [9.17, 15) is 9.59 Å². The minimum absolute atomic E-state index is 0.0344. The summed E-state index contributed by atoms with van der Waals surface area (Å²) in [4.78, 5) is 26.4. The summed E-state index contributed by atoms with van der Waals surface area (Å²) in [5.41, 5.74) is 0.520. The second kappa shape index (κ2) is 5.58. The molecule has 0 fully saturated rings. The third-order valence-electron chi connectivity index (χ3n) is 2.24. The normalized spacial score (nSPS) is 10.5. The molecule has 8 heteroatoms. The number of pyridine rings is 1. The fraction of sp³-hybridized carbons (Fsp3) is 0.182. The first-order valence-electron chi connectivity index (χ1n) is 5.24. The third kappa shape index (κ3) is 2.71. The van der Waals surface area contributed by atoms with Gasteiger partial charge >= 0.3 is 6.09 Å². The van der Waals surface area contributed by atoms with Crippen molar-refractivity contribution in [1.29, 1.82) is 0 Å². The Hall–Kier alpha value is -1.60.